The Morgan fingerprint density at radius 2 is 2.00 bits per heavy atom. The topological polar surface area (TPSA) is 69.9 Å². The number of pyridine rings is 1. The van der Waals surface area contributed by atoms with Gasteiger partial charge >= 0.3 is 0 Å². The fourth-order valence-corrected chi connectivity index (χ4v) is 4.51. The summed E-state index contributed by atoms with van der Waals surface area (Å²) in [5.74, 6) is 0.205. The summed E-state index contributed by atoms with van der Waals surface area (Å²) in [6, 6.07) is 5.40. The molecule has 27 heavy (non-hydrogen) atoms. The first-order valence-corrected chi connectivity index (χ1v) is 9.14. The zero-order valence-corrected chi connectivity index (χ0v) is 15.7. The Bertz CT molecular complexity index is 821. The molecule has 7 heteroatoms. The SMILES string of the molecule is CN(C)C(=O)[C@@]12CN(Cc3ccoc3)C[C@@H]1CN(C(=O)c1ccncc1)C2. The quantitative estimate of drug-likeness (QED) is 0.815. The van der Waals surface area contributed by atoms with Gasteiger partial charge in [0.1, 0.15) is 0 Å². The highest BCUT2D eigenvalue weighted by Crippen LogP contribution is 2.44. The maximum absolute atomic E-state index is 13.1. The van der Waals surface area contributed by atoms with Crippen molar-refractivity contribution in [3.8, 4) is 0 Å². The largest absolute Gasteiger partial charge is 0.472 e. The fourth-order valence-electron chi connectivity index (χ4n) is 4.51. The molecular formula is C20H24N4O3. The van der Waals surface area contributed by atoms with Gasteiger partial charge in [-0.2, -0.15) is 0 Å². The van der Waals surface area contributed by atoms with Crippen LogP contribution in [-0.2, 0) is 11.3 Å². The van der Waals surface area contributed by atoms with Crippen LogP contribution in [-0.4, -0.2) is 71.8 Å². The lowest BCUT2D eigenvalue weighted by atomic mass is 9.80. The Morgan fingerprint density at radius 3 is 2.67 bits per heavy atom. The lowest BCUT2D eigenvalue weighted by molar-refractivity contribution is -0.139. The Balaban J connectivity index is 1.56. The molecule has 4 heterocycles. The average Bonchev–Trinajstić information content (AvgIpc) is 3.36. The van der Waals surface area contributed by atoms with Crippen LogP contribution < -0.4 is 0 Å². The van der Waals surface area contributed by atoms with E-state index in [1.54, 1.807) is 56.0 Å². The van der Waals surface area contributed by atoms with Gasteiger partial charge in [0.2, 0.25) is 5.91 Å². The molecule has 4 rings (SSSR count). The van der Waals surface area contributed by atoms with Gasteiger partial charge in [-0.25, -0.2) is 0 Å². The molecule has 142 valence electrons. The van der Waals surface area contributed by atoms with Gasteiger partial charge in [0, 0.05) is 76.3 Å². The van der Waals surface area contributed by atoms with Crippen LogP contribution in [0.4, 0.5) is 0 Å². The molecule has 2 aliphatic heterocycles. The number of hydrogen-bond donors (Lipinski definition) is 0. The molecular weight excluding hydrogens is 344 g/mol. The Hall–Kier alpha value is -2.67. The summed E-state index contributed by atoms with van der Waals surface area (Å²) in [7, 11) is 3.58. The number of aromatic nitrogens is 1. The second kappa shape index (κ2) is 6.81. The van der Waals surface area contributed by atoms with E-state index in [9.17, 15) is 9.59 Å². The van der Waals surface area contributed by atoms with Gasteiger partial charge in [0.05, 0.1) is 17.9 Å². The minimum Gasteiger partial charge on any atom is -0.472 e. The minimum absolute atomic E-state index is 0.0286. The molecule has 7 nitrogen and oxygen atoms in total. The molecule has 0 spiro atoms. The van der Waals surface area contributed by atoms with Gasteiger partial charge in [0.15, 0.2) is 0 Å². The van der Waals surface area contributed by atoms with Crippen LogP contribution in [0.5, 0.6) is 0 Å². The molecule has 0 saturated carbocycles. The first kappa shape index (κ1) is 17.7. The number of fused-ring (bicyclic) bond motifs is 1. The third-order valence-corrected chi connectivity index (χ3v) is 5.71. The highest BCUT2D eigenvalue weighted by Gasteiger charge is 2.58. The number of furan rings is 1. The second-order valence-electron chi connectivity index (χ2n) is 7.78. The molecule has 0 unspecified atom stereocenters. The molecule has 0 aromatic carbocycles. The molecule has 2 atom stereocenters. The van der Waals surface area contributed by atoms with Crippen molar-refractivity contribution in [2.24, 2.45) is 11.3 Å². The second-order valence-corrected chi connectivity index (χ2v) is 7.78. The summed E-state index contributed by atoms with van der Waals surface area (Å²) in [4.78, 5) is 35.8. The van der Waals surface area contributed by atoms with Gasteiger partial charge in [-0.3, -0.25) is 19.5 Å². The zero-order chi connectivity index (χ0) is 19.0. The lowest BCUT2D eigenvalue weighted by Crippen LogP contribution is -2.47. The monoisotopic (exact) mass is 368 g/mol. The van der Waals surface area contributed by atoms with Crippen LogP contribution in [0.2, 0.25) is 0 Å². The highest BCUT2D eigenvalue weighted by atomic mass is 16.3. The molecule has 2 saturated heterocycles. The van der Waals surface area contributed by atoms with Crippen LogP contribution in [0.3, 0.4) is 0 Å². The van der Waals surface area contributed by atoms with Crippen LogP contribution >= 0.6 is 0 Å². The first-order valence-electron chi connectivity index (χ1n) is 9.14. The summed E-state index contributed by atoms with van der Waals surface area (Å²) < 4.78 is 5.17. The van der Waals surface area contributed by atoms with Gasteiger partial charge in [-0.15, -0.1) is 0 Å². The lowest BCUT2D eigenvalue weighted by Gasteiger charge is -2.30. The van der Waals surface area contributed by atoms with E-state index in [1.165, 1.54) is 0 Å². The molecule has 2 fully saturated rings. The third kappa shape index (κ3) is 3.12. The summed E-state index contributed by atoms with van der Waals surface area (Å²) >= 11 is 0. The molecule has 2 aromatic heterocycles. The normalized spacial score (nSPS) is 24.8. The molecule has 2 amide bonds. The van der Waals surface area contributed by atoms with Gasteiger partial charge in [0.25, 0.3) is 5.91 Å². The number of likely N-dealkylation sites (tertiary alicyclic amines) is 2. The standard InChI is InChI=1S/C20H24N4O3/c1-22(2)19(26)20-13-23(9-15-5-8-27-12-15)10-17(20)11-24(14-20)18(25)16-3-6-21-7-4-16/h3-8,12,17H,9-11,13-14H2,1-2H3/t17-,20-/m1/s1. The zero-order valence-electron chi connectivity index (χ0n) is 15.7. The molecule has 0 bridgehead atoms. The molecule has 0 radical (unpaired) electrons. The molecule has 2 aliphatic rings. The van der Waals surface area contributed by atoms with Crippen molar-refractivity contribution in [2.75, 3.05) is 40.3 Å². The van der Waals surface area contributed by atoms with Crippen molar-refractivity contribution in [1.82, 2.24) is 19.7 Å². The molecule has 0 N–H and O–H groups in total. The maximum Gasteiger partial charge on any atom is 0.254 e. The predicted octanol–water partition coefficient (Wildman–Crippen LogP) is 1.34. The van der Waals surface area contributed by atoms with E-state index in [0.29, 0.717) is 25.2 Å². The van der Waals surface area contributed by atoms with Gasteiger partial charge in [-0.05, 0) is 18.2 Å². The minimum atomic E-state index is -0.546. The number of hydrogen-bond acceptors (Lipinski definition) is 5. The number of carbonyl (C=O) groups excluding carboxylic acids is 2. The Morgan fingerprint density at radius 1 is 1.22 bits per heavy atom. The summed E-state index contributed by atoms with van der Waals surface area (Å²) in [6.07, 6.45) is 6.66. The van der Waals surface area contributed by atoms with E-state index < -0.39 is 5.41 Å². The predicted molar refractivity (Wildman–Crippen MR) is 98.7 cm³/mol. The number of nitrogens with zero attached hydrogens (tertiary/aromatic N) is 4. The van der Waals surface area contributed by atoms with Crippen LogP contribution in [0.15, 0.2) is 47.5 Å². The average molecular weight is 368 g/mol. The molecule has 0 aliphatic carbocycles. The third-order valence-electron chi connectivity index (χ3n) is 5.71. The van der Waals surface area contributed by atoms with E-state index in [1.807, 2.05) is 11.0 Å². The molecule has 2 aromatic rings. The van der Waals surface area contributed by atoms with E-state index in [0.717, 1.165) is 18.7 Å². The van der Waals surface area contributed by atoms with Crippen molar-refractivity contribution < 1.29 is 14.0 Å². The summed E-state index contributed by atoms with van der Waals surface area (Å²) in [6.45, 7) is 3.26. The van der Waals surface area contributed by atoms with Crippen LogP contribution in [0.1, 0.15) is 15.9 Å². The van der Waals surface area contributed by atoms with Crippen molar-refractivity contribution in [1.29, 1.82) is 0 Å². The van der Waals surface area contributed by atoms with Crippen molar-refractivity contribution in [3.63, 3.8) is 0 Å². The smallest absolute Gasteiger partial charge is 0.254 e. The van der Waals surface area contributed by atoms with Crippen LogP contribution in [0.25, 0.3) is 0 Å². The summed E-state index contributed by atoms with van der Waals surface area (Å²) in [5, 5.41) is 0. The first-order chi connectivity index (χ1) is 13.0. The van der Waals surface area contributed by atoms with E-state index in [2.05, 4.69) is 9.88 Å². The van der Waals surface area contributed by atoms with E-state index in [4.69, 9.17) is 4.42 Å². The van der Waals surface area contributed by atoms with Crippen LogP contribution in [0, 0.1) is 11.3 Å². The van der Waals surface area contributed by atoms with Crippen molar-refractivity contribution in [3.05, 3.63) is 54.2 Å². The van der Waals surface area contributed by atoms with Gasteiger partial charge < -0.3 is 14.2 Å². The Kier molecular flexibility index (Phi) is 4.47. The van der Waals surface area contributed by atoms with Gasteiger partial charge in [-0.1, -0.05) is 0 Å². The van der Waals surface area contributed by atoms with E-state index in [-0.39, 0.29) is 17.7 Å². The Labute approximate surface area is 158 Å². The number of amides is 2. The van der Waals surface area contributed by atoms with Crippen molar-refractivity contribution in [2.45, 2.75) is 6.54 Å². The van der Waals surface area contributed by atoms with E-state index >= 15 is 0 Å². The highest BCUT2D eigenvalue weighted by molar-refractivity contribution is 5.95. The number of rotatable bonds is 4. The number of carbonyl (C=O) groups is 2. The van der Waals surface area contributed by atoms with Crippen molar-refractivity contribution >= 4 is 11.8 Å². The maximum atomic E-state index is 13.1. The summed E-state index contributed by atoms with van der Waals surface area (Å²) in [5.41, 5.74) is 1.18. The fraction of sp³-hybridized carbons (Fsp3) is 0.450.